The largest absolute Gasteiger partial charge is 0.489 e. The molecule has 0 saturated heterocycles. The summed E-state index contributed by atoms with van der Waals surface area (Å²) in [5, 5.41) is 14.7. The Morgan fingerprint density at radius 3 is 2.71 bits per heavy atom. The number of carbonyl (C=O) groups is 1. The van der Waals surface area contributed by atoms with Crippen molar-refractivity contribution >= 4 is 23.2 Å². The number of allylic oxidation sites excluding steroid dienone is 2. The predicted octanol–water partition coefficient (Wildman–Crippen LogP) is 5.87. The fourth-order valence-electron chi connectivity index (χ4n) is 4.42. The van der Waals surface area contributed by atoms with Crippen LogP contribution in [-0.4, -0.2) is 40.4 Å². The third-order valence-corrected chi connectivity index (χ3v) is 6.38. The van der Waals surface area contributed by atoms with Gasteiger partial charge in [0.2, 0.25) is 5.82 Å². The predicted molar refractivity (Wildman–Crippen MR) is 134 cm³/mol. The van der Waals surface area contributed by atoms with Gasteiger partial charge >= 0.3 is 0 Å². The van der Waals surface area contributed by atoms with Crippen LogP contribution in [0.5, 0.6) is 5.75 Å². The molecular formula is C27H31ClN3O3+. The highest BCUT2D eigenvalue weighted by atomic mass is 35.5. The molecule has 6 nitrogen and oxygen atoms in total. The Kier molecular flexibility index (Phi) is 6.84. The molecule has 2 aliphatic rings. The number of hydrogen-bond acceptors (Lipinski definition) is 4. The molecule has 0 saturated carbocycles. The number of amides is 1. The second kappa shape index (κ2) is 9.66. The first kappa shape index (κ1) is 24.1. The number of halogens is 1. The van der Waals surface area contributed by atoms with Gasteiger partial charge in [0.05, 0.1) is 17.2 Å². The van der Waals surface area contributed by atoms with Crippen molar-refractivity contribution in [2.75, 3.05) is 13.6 Å². The molecule has 2 atom stereocenters. The molecule has 178 valence electrons. The van der Waals surface area contributed by atoms with E-state index in [4.69, 9.17) is 16.3 Å². The molecule has 2 heterocycles. The average Bonchev–Trinajstić information content (AvgIpc) is 3.09. The lowest BCUT2D eigenvalue weighted by Crippen LogP contribution is -2.40. The lowest BCUT2D eigenvalue weighted by Gasteiger charge is -2.26. The number of rotatable bonds is 7. The van der Waals surface area contributed by atoms with E-state index in [-0.39, 0.29) is 22.7 Å². The van der Waals surface area contributed by atoms with Crippen molar-refractivity contribution < 1.29 is 19.4 Å². The molecule has 0 spiro atoms. The van der Waals surface area contributed by atoms with E-state index < -0.39 is 0 Å². The van der Waals surface area contributed by atoms with Crippen molar-refractivity contribution in [1.29, 1.82) is 0 Å². The van der Waals surface area contributed by atoms with Gasteiger partial charge in [0.1, 0.15) is 18.0 Å². The lowest BCUT2D eigenvalue weighted by molar-refractivity contribution is -1.03. The molecule has 2 aromatic rings. The summed E-state index contributed by atoms with van der Waals surface area (Å²) in [6, 6.07) is 12.9. The number of hydrogen-bond donors (Lipinski definition) is 2. The third-order valence-electron chi connectivity index (χ3n) is 6.09. The van der Waals surface area contributed by atoms with E-state index in [1.807, 2.05) is 81.4 Å². The zero-order valence-corrected chi connectivity index (χ0v) is 20.7. The average molecular weight is 481 g/mol. The fourth-order valence-corrected chi connectivity index (χ4v) is 4.64. The minimum Gasteiger partial charge on any atom is -0.489 e. The number of quaternary nitrogens is 1. The summed E-state index contributed by atoms with van der Waals surface area (Å²) in [7, 11) is 1.95. The second-order valence-electron chi connectivity index (χ2n) is 8.87. The Morgan fingerprint density at radius 1 is 1.26 bits per heavy atom. The van der Waals surface area contributed by atoms with E-state index in [1.165, 1.54) is 0 Å². The van der Waals surface area contributed by atoms with Crippen molar-refractivity contribution in [2.24, 2.45) is 0 Å². The molecule has 7 heteroatoms. The van der Waals surface area contributed by atoms with Crippen LogP contribution in [-0.2, 0) is 0 Å². The van der Waals surface area contributed by atoms with Crippen molar-refractivity contribution in [1.82, 2.24) is 10.2 Å². The van der Waals surface area contributed by atoms with Gasteiger partial charge in [-0.2, -0.15) is 0 Å². The van der Waals surface area contributed by atoms with Gasteiger partial charge in [0.15, 0.2) is 6.20 Å². The summed E-state index contributed by atoms with van der Waals surface area (Å²) in [5.41, 5.74) is 3.33. The first-order chi connectivity index (χ1) is 16.2. The van der Waals surface area contributed by atoms with E-state index in [0.29, 0.717) is 29.3 Å². The van der Waals surface area contributed by atoms with E-state index in [2.05, 4.69) is 5.32 Å². The number of nitrogens with one attached hydrogen (secondary N) is 1. The van der Waals surface area contributed by atoms with Crippen molar-refractivity contribution in [3.8, 4) is 5.75 Å². The van der Waals surface area contributed by atoms with Gasteiger partial charge in [-0.25, -0.2) is 5.21 Å². The minimum absolute atomic E-state index is 0.00627. The van der Waals surface area contributed by atoms with Crippen molar-refractivity contribution in [3.05, 3.63) is 94.4 Å². The third kappa shape index (κ3) is 4.62. The molecule has 34 heavy (non-hydrogen) atoms. The zero-order valence-electron chi connectivity index (χ0n) is 20.0. The quantitative estimate of drug-likeness (QED) is 0.486. The normalized spacial score (nSPS) is 20.0. The molecular weight excluding hydrogens is 450 g/mol. The van der Waals surface area contributed by atoms with Gasteiger partial charge in [-0.3, -0.25) is 9.69 Å². The van der Waals surface area contributed by atoms with Gasteiger partial charge in [0.25, 0.3) is 5.91 Å². The van der Waals surface area contributed by atoms with Crippen LogP contribution in [0.2, 0.25) is 5.02 Å². The topological polar surface area (TPSA) is 61.8 Å². The second-order valence-corrected chi connectivity index (χ2v) is 9.28. The molecule has 2 aliphatic heterocycles. The lowest BCUT2D eigenvalue weighted by atomic mass is 9.96. The van der Waals surface area contributed by atoms with Crippen LogP contribution in [0.15, 0.2) is 72.7 Å². The first-order valence-electron chi connectivity index (χ1n) is 11.5. The Bertz CT molecular complexity index is 1190. The molecule has 0 bridgehead atoms. The van der Waals surface area contributed by atoms with E-state index in [1.54, 1.807) is 18.2 Å². The number of fused-ring (bicyclic) bond motifs is 1. The molecule has 0 fully saturated rings. The minimum atomic E-state index is -0.261. The molecule has 0 aliphatic carbocycles. The molecule has 2 aromatic carbocycles. The van der Waals surface area contributed by atoms with Gasteiger partial charge in [-0.05, 0) is 50.1 Å². The number of carbonyl (C=O) groups excluding carboxylic acids is 1. The summed E-state index contributed by atoms with van der Waals surface area (Å²) < 4.78 is 5.42. The van der Waals surface area contributed by atoms with Crippen LogP contribution in [0.4, 0.5) is 0 Å². The Labute approximate surface area is 205 Å². The fraction of sp³-hybridized carbons (Fsp3) is 0.296. The maximum atomic E-state index is 13.1. The Balaban J connectivity index is 1.61. The van der Waals surface area contributed by atoms with Gasteiger partial charge in [0, 0.05) is 24.3 Å². The molecule has 2 N–H and O–H groups in total. The number of hydroxylamine groups is 3. The van der Waals surface area contributed by atoms with E-state index >= 15 is 0 Å². The summed E-state index contributed by atoms with van der Waals surface area (Å²) in [6.45, 7) is 6.37. The van der Waals surface area contributed by atoms with Crippen LogP contribution >= 0.6 is 11.6 Å². The maximum Gasteiger partial charge on any atom is 0.251 e. The van der Waals surface area contributed by atoms with E-state index in [9.17, 15) is 10.0 Å². The summed E-state index contributed by atoms with van der Waals surface area (Å²) >= 11 is 6.35. The molecule has 1 unspecified atom stereocenters. The Morgan fingerprint density at radius 2 is 2.03 bits per heavy atom. The molecule has 0 aromatic heterocycles. The number of ether oxygens (including phenoxy) is 1. The molecule has 4 rings (SSSR count). The SMILES string of the molecule is CC[C@H](NC(=O)c1ccc(OC(C)C)c(Cl)c1)c1ccccc1C1=C[N+]2(O)CC=CC=C2N1C. The van der Waals surface area contributed by atoms with Gasteiger partial charge in [-0.1, -0.05) is 48.9 Å². The van der Waals surface area contributed by atoms with Crippen LogP contribution in [0, 0.1) is 0 Å². The van der Waals surface area contributed by atoms with Crippen LogP contribution in [0.25, 0.3) is 5.70 Å². The highest BCUT2D eigenvalue weighted by Crippen LogP contribution is 2.40. The van der Waals surface area contributed by atoms with Crippen LogP contribution in [0.3, 0.4) is 0 Å². The highest BCUT2D eigenvalue weighted by molar-refractivity contribution is 6.32. The van der Waals surface area contributed by atoms with Crippen molar-refractivity contribution in [3.63, 3.8) is 0 Å². The summed E-state index contributed by atoms with van der Waals surface area (Å²) in [5.74, 6) is 1.15. The van der Waals surface area contributed by atoms with Gasteiger partial charge in [-0.15, -0.1) is 4.65 Å². The molecule has 1 amide bonds. The van der Waals surface area contributed by atoms with Gasteiger partial charge < -0.3 is 10.1 Å². The zero-order chi connectivity index (χ0) is 24.5. The van der Waals surface area contributed by atoms with E-state index in [0.717, 1.165) is 22.6 Å². The number of benzene rings is 2. The van der Waals surface area contributed by atoms with Crippen LogP contribution < -0.4 is 10.1 Å². The monoisotopic (exact) mass is 480 g/mol. The standard InChI is InChI=1S/C27H30ClN3O3/c1-5-23(29-27(32)19-13-14-25(22(28)16-19)34-18(2)3)20-10-6-7-11-21(20)24-17-31(33)15-9-8-12-26(31)30(24)4/h6-14,16-18,23,33H,5,15H2,1-4H3/p+1/t23-,31?/m0/s1. The number of nitrogens with zero attached hydrogens (tertiary/aromatic N) is 2. The smallest absolute Gasteiger partial charge is 0.251 e. The van der Waals surface area contributed by atoms with Crippen molar-refractivity contribution in [2.45, 2.75) is 39.3 Å². The maximum absolute atomic E-state index is 13.1. The Hall–Kier alpha value is -3.06. The highest BCUT2D eigenvalue weighted by Gasteiger charge is 2.42. The van der Waals surface area contributed by atoms with Crippen LogP contribution in [0.1, 0.15) is 54.7 Å². The summed E-state index contributed by atoms with van der Waals surface area (Å²) in [6.07, 6.45) is 8.37. The summed E-state index contributed by atoms with van der Waals surface area (Å²) in [4.78, 5) is 15.1. The first-order valence-corrected chi connectivity index (χ1v) is 11.9. The molecule has 0 radical (unpaired) electrons.